The van der Waals surface area contributed by atoms with Crippen LogP contribution in [0.5, 0.6) is 0 Å². The maximum atomic E-state index is 4.44. The second kappa shape index (κ2) is 7.34. The highest BCUT2D eigenvalue weighted by Crippen LogP contribution is 2.24. The van der Waals surface area contributed by atoms with Gasteiger partial charge in [-0.3, -0.25) is 0 Å². The molecule has 1 N–H and O–H groups in total. The van der Waals surface area contributed by atoms with Gasteiger partial charge in [0.25, 0.3) is 0 Å². The minimum Gasteiger partial charge on any atom is -0.370 e. The first kappa shape index (κ1) is 14.9. The summed E-state index contributed by atoms with van der Waals surface area (Å²) in [6.45, 7) is 7.44. The molecule has 106 valence electrons. The van der Waals surface area contributed by atoms with Gasteiger partial charge in [0.1, 0.15) is 5.82 Å². The van der Waals surface area contributed by atoms with Crippen LogP contribution in [-0.4, -0.2) is 11.5 Å². The second-order valence-electron chi connectivity index (χ2n) is 5.01. The van der Waals surface area contributed by atoms with Crippen molar-refractivity contribution in [1.82, 2.24) is 4.98 Å². The van der Waals surface area contributed by atoms with Crippen LogP contribution in [0.3, 0.4) is 0 Å². The van der Waals surface area contributed by atoms with E-state index in [1.807, 2.05) is 18.0 Å². The molecule has 0 aliphatic heterocycles. The number of anilines is 1. The molecule has 0 aliphatic carbocycles. The zero-order valence-corrected chi connectivity index (χ0v) is 13.3. The predicted octanol–water partition coefficient (Wildman–Crippen LogP) is 4.81. The first-order valence-corrected chi connectivity index (χ1v) is 8.06. The molecule has 3 heteroatoms. The number of nitrogens with zero attached hydrogens (tertiary/aromatic N) is 1. The van der Waals surface area contributed by atoms with Crippen LogP contribution in [0, 0.1) is 13.8 Å². The Balaban J connectivity index is 1.91. The van der Waals surface area contributed by atoms with Gasteiger partial charge >= 0.3 is 0 Å². The van der Waals surface area contributed by atoms with Crippen LogP contribution in [0.2, 0.25) is 0 Å². The van der Waals surface area contributed by atoms with Gasteiger partial charge in [0.15, 0.2) is 0 Å². The number of pyridine rings is 1. The fraction of sp³-hybridized carbons (Fsp3) is 0.353. The van der Waals surface area contributed by atoms with Gasteiger partial charge in [0.05, 0.1) is 0 Å². The molecule has 1 heterocycles. The van der Waals surface area contributed by atoms with Gasteiger partial charge in [0.2, 0.25) is 0 Å². The molecule has 0 spiro atoms. The zero-order valence-electron chi connectivity index (χ0n) is 12.4. The van der Waals surface area contributed by atoms with Gasteiger partial charge in [-0.25, -0.2) is 4.98 Å². The van der Waals surface area contributed by atoms with Crippen LogP contribution < -0.4 is 5.32 Å². The molecule has 2 rings (SSSR count). The first-order chi connectivity index (χ1) is 9.69. The number of aromatic nitrogens is 1. The van der Waals surface area contributed by atoms with Crippen molar-refractivity contribution < 1.29 is 0 Å². The van der Waals surface area contributed by atoms with Crippen molar-refractivity contribution in [3.63, 3.8) is 0 Å². The molecule has 0 saturated heterocycles. The third-order valence-corrected chi connectivity index (χ3v) is 4.33. The van der Waals surface area contributed by atoms with E-state index in [2.05, 4.69) is 61.4 Å². The minimum atomic E-state index is 0.962. The lowest BCUT2D eigenvalue weighted by atomic mass is 10.1. The van der Waals surface area contributed by atoms with Crippen LogP contribution in [0.25, 0.3) is 0 Å². The number of nitrogens with one attached hydrogen (secondary N) is 1. The Morgan fingerprint density at radius 3 is 2.60 bits per heavy atom. The molecule has 0 unspecified atom stereocenters. The van der Waals surface area contributed by atoms with E-state index in [0.717, 1.165) is 24.5 Å². The lowest BCUT2D eigenvalue weighted by Gasteiger charge is -2.07. The molecule has 2 nitrogen and oxygen atoms in total. The number of thioether (sulfide) groups is 1. The third kappa shape index (κ3) is 4.27. The van der Waals surface area contributed by atoms with Gasteiger partial charge in [-0.2, -0.15) is 0 Å². The van der Waals surface area contributed by atoms with Crippen molar-refractivity contribution in [3.8, 4) is 0 Å². The Morgan fingerprint density at radius 1 is 1.10 bits per heavy atom. The Kier molecular flexibility index (Phi) is 5.48. The lowest BCUT2D eigenvalue weighted by molar-refractivity contribution is 0.968. The summed E-state index contributed by atoms with van der Waals surface area (Å²) >= 11 is 1.86. The minimum absolute atomic E-state index is 0.962. The van der Waals surface area contributed by atoms with E-state index >= 15 is 0 Å². The largest absolute Gasteiger partial charge is 0.370 e. The summed E-state index contributed by atoms with van der Waals surface area (Å²) in [6.07, 6.45) is 3.08. The first-order valence-electron chi connectivity index (χ1n) is 7.08. The monoisotopic (exact) mass is 286 g/mol. The Morgan fingerprint density at radius 2 is 1.95 bits per heavy atom. The van der Waals surface area contributed by atoms with E-state index in [9.17, 15) is 0 Å². The molecule has 0 aliphatic rings. The van der Waals surface area contributed by atoms with Crippen LogP contribution in [0.1, 0.15) is 30.0 Å². The van der Waals surface area contributed by atoms with E-state index in [4.69, 9.17) is 0 Å². The standard InChI is InChI=1S/C17H22N2S/c1-4-9-18-17-8-6-15(11-19-17)12-20-16-7-5-13(2)14(3)10-16/h5-8,10-11H,4,9,12H2,1-3H3,(H,18,19). The fourth-order valence-electron chi connectivity index (χ4n) is 1.84. The number of hydrogen-bond acceptors (Lipinski definition) is 3. The SMILES string of the molecule is CCCNc1ccc(CSc2ccc(C)c(C)c2)cn1. The van der Waals surface area contributed by atoms with E-state index in [1.54, 1.807) is 0 Å². The second-order valence-corrected chi connectivity index (χ2v) is 6.06. The summed E-state index contributed by atoms with van der Waals surface area (Å²) in [6, 6.07) is 10.8. The topological polar surface area (TPSA) is 24.9 Å². The third-order valence-electron chi connectivity index (χ3n) is 3.26. The highest BCUT2D eigenvalue weighted by molar-refractivity contribution is 7.98. The maximum absolute atomic E-state index is 4.44. The van der Waals surface area contributed by atoms with Gasteiger partial charge in [-0.15, -0.1) is 11.8 Å². The molecular weight excluding hydrogens is 264 g/mol. The van der Waals surface area contributed by atoms with Gasteiger partial charge in [0, 0.05) is 23.4 Å². The smallest absolute Gasteiger partial charge is 0.125 e. The zero-order chi connectivity index (χ0) is 14.4. The van der Waals surface area contributed by atoms with Gasteiger partial charge in [-0.05, 0) is 55.2 Å². The average Bonchev–Trinajstić information content (AvgIpc) is 2.47. The van der Waals surface area contributed by atoms with E-state index in [0.29, 0.717) is 0 Å². The lowest BCUT2D eigenvalue weighted by Crippen LogP contribution is -2.01. The Hall–Kier alpha value is -1.48. The molecule has 1 aromatic heterocycles. The van der Waals surface area contributed by atoms with Crippen molar-refractivity contribution >= 4 is 17.6 Å². The highest BCUT2D eigenvalue weighted by Gasteiger charge is 2.00. The Bertz CT molecular complexity index is 549. The van der Waals surface area contributed by atoms with Crippen molar-refractivity contribution in [2.45, 2.75) is 37.8 Å². The molecule has 0 bridgehead atoms. The van der Waals surface area contributed by atoms with Crippen molar-refractivity contribution in [2.75, 3.05) is 11.9 Å². The van der Waals surface area contributed by atoms with E-state index < -0.39 is 0 Å². The number of hydrogen-bond donors (Lipinski definition) is 1. The van der Waals surface area contributed by atoms with E-state index in [1.165, 1.54) is 21.6 Å². The van der Waals surface area contributed by atoms with Crippen molar-refractivity contribution in [1.29, 1.82) is 0 Å². The van der Waals surface area contributed by atoms with Gasteiger partial charge in [-0.1, -0.05) is 19.1 Å². The molecule has 0 saturated carbocycles. The summed E-state index contributed by atoms with van der Waals surface area (Å²) in [5.41, 5.74) is 3.96. The normalized spacial score (nSPS) is 10.6. The number of aryl methyl sites for hydroxylation is 2. The number of benzene rings is 1. The van der Waals surface area contributed by atoms with Crippen LogP contribution in [0.15, 0.2) is 41.4 Å². The molecule has 1 aromatic carbocycles. The van der Waals surface area contributed by atoms with E-state index in [-0.39, 0.29) is 0 Å². The van der Waals surface area contributed by atoms with Gasteiger partial charge < -0.3 is 5.32 Å². The molecular formula is C17H22N2S. The molecule has 0 fully saturated rings. The molecule has 0 amide bonds. The molecule has 20 heavy (non-hydrogen) atoms. The van der Waals surface area contributed by atoms with Crippen molar-refractivity contribution in [3.05, 3.63) is 53.2 Å². The average molecular weight is 286 g/mol. The maximum Gasteiger partial charge on any atom is 0.125 e. The summed E-state index contributed by atoms with van der Waals surface area (Å²) in [5.74, 6) is 1.93. The van der Waals surface area contributed by atoms with Crippen LogP contribution >= 0.6 is 11.8 Å². The quantitative estimate of drug-likeness (QED) is 0.771. The summed E-state index contributed by atoms with van der Waals surface area (Å²) in [4.78, 5) is 5.76. The predicted molar refractivity (Wildman–Crippen MR) is 88.5 cm³/mol. The summed E-state index contributed by atoms with van der Waals surface area (Å²) < 4.78 is 0. The van der Waals surface area contributed by atoms with Crippen LogP contribution in [0.4, 0.5) is 5.82 Å². The molecule has 2 aromatic rings. The molecule has 0 atom stereocenters. The summed E-state index contributed by atoms with van der Waals surface area (Å²) in [5, 5.41) is 3.29. The highest BCUT2D eigenvalue weighted by atomic mass is 32.2. The summed E-state index contributed by atoms with van der Waals surface area (Å²) in [7, 11) is 0. The number of rotatable bonds is 6. The van der Waals surface area contributed by atoms with Crippen LogP contribution in [-0.2, 0) is 5.75 Å². The molecule has 0 radical (unpaired) electrons. The fourth-order valence-corrected chi connectivity index (χ4v) is 2.77. The Labute approximate surface area is 126 Å². The van der Waals surface area contributed by atoms with Crippen molar-refractivity contribution in [2.24, 2.45) is 0 Å².